The maximum atomic E-state index is 12.1. The molecule has 0 fully saturated rings. The van der Waals surface area contributed by atoms with E-state index in [1.165, 1.54) is 11.8 Å². The van der Waals surface area contributed by atoms with E-state index in [-0.39, 0.29) is 24.8 Å². The highest BCUT2D eigenvalue weighted by atomic mass is 35.5. The standard InChI is InChI=1S/C17H15Cl3N2O2/c1-11(23)22(14-4-2-3-12(18)9-14)8-7-17(24)21-16-10-13(19)5-6-15(16)20/h2-6,9-10H,7-8H2,1H3,(H,21,24). The quantitative estimate of drug-likeness (QED) is 0.785. The van der Waals surface area contributed by atoms with Crippen molar-refractivity contribution in [3.8, 4) is 0 Å². The fourth-order valence-electron chi connectivity index (χ4n) is 2.13. The van der Waals surface area contributed by atoms with Gasteiger partial charge in [-0.3, -0.25) is 9.59 Å². The van der Waals surface area contributed by atoms with Crippen LogP contribution in [-0.2, 0) is 9.59 Å². The van der Waals surface area contributed by atoms with E-state index < -0.39 is 0 Å². The summed E-state index contributed by atoms with van der Waals surface area (Å²) in [4.78, 5) is 25.5. The third kappa shape index (κ3) is 5.13. The molecule has 0 aliphatic rings. The van der Waals surface area contributed by atoms with Gasteiger partial charge in [0.1, 0.15) is 0 Å². The van der Waals surface area contributed by atoms with Crippen LogP contribution in [0.1, 0.15) is 13.3 Å². The lowest BCUT2D eigenvalue weighted by molar-refractivity contribution is -0.117. The Hall–Kier alpha value is -1.75. The first-order valence-electron chi connectivity index (χ1n) is 7.15. The molecular formula is C17H15Cl3N2O2. The van der Waals surface area contributed by atoms with Gasteiger partial charge in [0.05, 0.1) is 10.7 Å². The van der Waals surface area contributed by atoms with Crippen molar-refractivity contribution in [2.24, 2.45) is 0 Å². The van der Waals surface area contributed by atoms with Crippen LogP contribution in [0.2, 0.25) is 15.1 Å². The van der Waals surface area contributed by atoms with Gasteiger partial charge in [-0.25, -0.2) is 0 Å². The molecule has 0 aliphatic carbocycles. The molecule has 126 valence electrons. The number of nitrogens with one attached hydrogen (secondary N) is 1. The summed E-state index contributed by atoms with van der Waals surface area (Å²) in [6.07, 6.45) is 0.106. The molecule has 2 amide bonds. The Morgan fingerprint density at radius 3 is 2.42 bits per heavy atom. The van der Waals surface area contributed by atoms with Gasteiger partial charge in [-0.05, 0) is 36.4 Å². The Balaban J connectivity index is 2.03. The second kappa shape index (κ2) is 8.38. The minimum absolute atomic E-state index is 0.106. The largest absolute Gasteiger partial charge is 0.325 e. The molecule has 0 radical (unpaired) electrons. The zero-order valence-electron chi connectivity index (χ0n) is 12.9. The fourth-order valence-corrected chi connectivity index (χ4v) is 2.65. The number of carbonyl (C=O) groups excluding carboxylic acids is 2. The second-order valence-corrected chi connectivity index (χ2v) is 6.35. The molecule has 0 aromatic heterocycles. The molecule has 0 heterocycles. The maximum Gasteiger partial charge on any atom is 0.226 e. The lowest BCUT2D eigenvalue weighted by Crippen LogP contribution is -2.31. The Kier molecular flexibility index (Phi) is 6.49. The van der Waals surface area contributed by atoms with Gasteiger partial charge in [0.15, 0.2) is 0 Å². The van der Waals surface area contributed by atoms with Crippen LogP contribution in [0.3, 0.4) is 0 Å². The number of amides is 2. The SMILES string of the molecule is CC(=O)N(CCC(=O)Nc1cc(Cl)ccc1Cl)c1cccc(Cl)c1. The maximum absolute atomic E-state index is 12.1. The zero-order valence-corrected chi connectivity index (χ0v) is 15.1. The highest BCUT2D eigenvalue weighted by Crippen LogP contribution is 2.25. The van der Waals surface area contributed by atoms with Crippen LogP contribution < -0.4 is 10.2 Å². The summed E-state index contributed by atoms with van der Waals surface area (Å²) in [6, 6.07) is 11.7. The minimum Gasteiger partial charge on any atom is -0.325 e. The molecule has 7 heteroatoms. The van der Waals surface area contributed by atoms with Gasteiger partial charge in [0, 0.05) is 35.6 Å². The fraction of sp³-hybridized carbons (Fsp3) is 0.176. The number of anilines is 2. The van der Waals surface area contributed by atoms with Crippen molar-refractivity contribution in [2.45, 2.75) is 13.3 Å². The van der Waals surface area contributed by atoms with E-state index in [0.717, 1.165) is 0 Å². The van der Waals surface area contributed by atoms with Crippen LogP contribution in [-0.4, -0.2) is 18.4 Å². The van der Waals surface area contributed by atoms with E-state index in [1.807, 2.05) is 0 Å². The number of hydrogen-bond donors (Lipinski definition) is 1. The van der Waals surface area contributed by atoms with Crippen molar-refractivity contribution in [3.05, 3.63) is 57.5 Å². The van der Waals surface area contributed by atoms with Crippen LogP contribution in [0.5, 0.6) is 0 Å². The predicted octanol–water partition coefficient (Wildman–Crippen LogP) is 5.03. The molecular weight excluding hydrogens is 371 g/mol. The summed E-state index contributed by atoms with van der Waals surface area (Å²) in [5.41, 5.74) is 1.08. The Bertz CT molecular complexity index is 765. The number of halogens is 3. The molecule has 2 aromatic carbocycles. The molecule has 0 saturated carbocycles. The molecule has 0 saturated heterocycles. The van der Waals surface area contributed by atoms with Gasteiger partial charge < -0.3 is 10.2 Å². The van der Waals surface area contributed by atoms with Crippen molar-refractivity contribution in [3.63, 3.8) is 0 Å². The van der Waals surface area contributed by atoms with Crippen molar-refractivity contribution >= 4 is 58.0 Å². The first-order valence-corrected chi connectivity index (χ1v) is 8.29. The van der Waals surface area contributed by atoms with Gasteiger partial charge >= 0.3 is 0 Å². The summed E-state index contributed by atoms with van der Waals surface area (Å²) in [5.74, 6) is -0.446. The molecule has 0 unspecified atom stereocenters. The van der Waals surface area contributed by atoms with Crippen molar-refractivity contribution < 1.29 is 9.59 Å². The number of nitrogens with zero attached hydrogens (tertiary/aromatic N) is 1. The average molecular weight is 386 g/mol. The predicted molar refractivity (Wildman–Crippen MR) is 99.2 cm³/mol. The molecule has 1 N–H and O–H groups in total. The summed E-state index contributed by atoms with van der Waals surface area (Å²) < 4.78 is 0. The first-order chi connectivity index (χ1) is 11.4. The van der Waals surface area contributed by atoms with Crippen LogP contribution in [0.15, 0.2) is 42.5 Å². The van der Waals surface area contributed by atoms with E-state index in [0.29, 0.717) is 26.4 Å². The number of rotatable bonds is 5. The van der Waals surface area contributed by atoms with Crippen molar-refractivity contribution in [2.75, 3.05) is 16.8 Å². The monoisotopic (exact) mass is 384 g/mol. The van der Waals surface area contributed by atoms with E-state index in [9.17, 15) is 9.59 Å². The van der Waals surface area contributed by atoms with Gasteiger partial charge in [0.2, 0.25) is 11.8 Å². The minimum atomic E-state index is -0.271. The normalized spacial score (nSPS) is 10.3. The van der Waals surface area contributed by atoms with Crippen LogP contribution >= 0.6 is 34.8 Å². The molecule has 0 aliphatic heterocycles. The summed E-state index contributed by atoms with van der Waals surface area (Å²) in [5, 5.41) is 4.08. The van der Waals surface area contributed by atoms with E-state index >= 15 is 0 Å². The number of carbonyl (C=O) groups is 2. The number of hydrogen-bond acceptors (Lipinski definition) is 2. The third-order valence-corrected chi connectivity index (χ3v) is 4.06. The Morgan fingerprint density at radius 1 is 1.04 bits per heavy atom. The third-order valence-electron chi connectivity index (χ3n) is 3.26. The molecule has 4 nitrogen and oxygen atoms in total. The Labute approximate surface area is 155 Å². The van der Waals surface area contributed by atoms with Crippen molar-refractivity contribution in [1.82, 2.24) is 0 Å². The van der Waals surface area contributed by atoms with Gasteiger partial charge in [0.25, 0.3) is 0 Å². The topological polar surface area (TPSA) is 49.4 Å². The van der Waals surface area contributed by atoms with Gasteiger partial charge in [-0.1, -0.05) is 40.9 Å². The van der Waals surface area contributed by atoms with E-state index in [2.05, 4.69) is 5.32 Å². The van der Waals surface area contributed by atoms with E-state index in [4.69, 9.17) is 34.8 Å². The lowest BCUT2D eigenvalue weighted by Gasteiger charge is -2.21. The van der Waals surface area contributed by atoms with Gasteiger partial charge in [-0.2, -0.15) is 0 Å². The molecule has 2 aromatic rings. The average Bonchev–Trinajstić information content (AvgIpc) is 2.51. The van der Waals surface area contributed by atoms with Crippen LogP contribution in [0, 0.1) is 0 Å². The lowest BCUT2D eigenvalue weighted by atomic mass is 10.2. The van der Waals surface area contributed by atoms with Crippen molar-refractivity contribution in [1.29, 1.82) is 0 Å². The smallest absolute Gasteiger partial charge is 0.226 e. The molecule has 0 spiro atoms. The van der Waals surface area contributed by atoms with E-state index in [1.54, 1.807) is 42.5 Å². The molecule has 0 atom stereocenters. The first kappa shape index (κ1) is 18.6. The zero-order chi connectivity index (χ0) is 17.7. The highest BCUT2D eigenvalue weighted by molar-refractivity contribution is 6.35. The van der Waals surface area contributed by atoms with Gasteiger partial charge in [-0.15, -0.1) is 0 Å². The second-order valence-electron chi connectivity index (χ2n) is 5.07. The van der Waals surface area contributed by atoms with Crippen LogP contribution in [0.4, 0.5) is 11.4 Å². The Morgan fingerprint density at radius 2 is 1.75 bits per heavy atom. The summed E-state index contributed by atoms with van der Waals surface area (Å²) in [6.45, 7) is 1.66. The summed E-state index contributed by atoms with van der Waals surface area (Å²) in [7, 11) is 0. The van der Waals surface area contributed by atoms with Crippen LogP contribution in [0.25, 0.3) is 0 Å². The molecule has 2 rings (SSSR count). The highest BCUT2D eigenvalue weighted by Gasteiger charge is 2.14. The molecule has 24 heavy (non-hydrogen) atoms. The number of benzene rings is 2. The molecule has 0 bridgehead atoms. The summed E-state index contributed by atoms with van der Waals surface area (Å²) >= 11 is 17.9.